The van der Waals surface area contributed by atoms with Gasteiger partial charge in [0.2, 0.25) is 5.95 Å². The average molecular weight is 318 g/mol. The van der Waals surface area contributed by atoms with Gasteiger partial charge in [-0.1, -0.05) is 0 Å². The quantitative estimate of drug-likeness (QED) is 0.926. The smallest absolute Gasteiger partial charge is 0.201 e. The van der Waals surface area contributed by atoms with Crippen LogP contribution in [-0.2, 0) is 7.05 Å². The maximum atomic E-state index is 13.9. The Hall–Kier alpha value is -1.63. The van der Waals surface area contributed by atoms with Gasteiger partial charge in [0, 0.05) is 18.7 Å². The molecule has 0 atom stereocenters. The van der Waals surface area contributed by atoms with Crippen molar-refractivity contribution in [3.63, 3.8) is 0 Å². The molecular formula is C11H10BrF2N3O. The highest BCUT2D eigenvalue weighted by Crippen LogP contribution is 2.34. The normalized spacial score (nSPS) is 10.7. The van der Waals surface area contributed by atoms with Gasteiger partial charge in [-0.05, 0) is 22.0 Å². The minimum Gasteiger partial charge on any atom is -0.494 e. The Morgan fingerprint density at radius 2 is 2.00 bits per heavy atom. The van der Waals surface area contributed by atoms with E-state index in [2.05, 4.69) is 20.9 Å². The van der Waals surface area contributed by atoms with Crippen molar-refractivity contribution < 1.29 is 13.5 Å². The van der Waals surface area contributed by atoms with E-state index in [4.69, 9.17) is 10.5 Å². The minimum atomic E-state index is -0.652. The van der Waals surface area contributed by atoms with Crippen LogP contribution in [0.25, 0.3) is 11.3 Å². The molecule has 0 amide bonds. The number of benzene rings is 1. The number of nitrogens with two attached hydrogens (primary N) is 1. The largest absolute Gasteiger partial charge is 0.494 e. The SMILES string of the molecule is COc1cc(F)c(-c2c(Br)nc(N)n2C)cc1F. The first-order valence-electron chi connectivity index (χ1n) is 4.96. The van der Waals surface area contributed by atoms with Crippen LogP contribution >= 0.6 is 15.9 Å². The molecule has 0 unspecified atom stereocenters. The van der Waals surface area contributed by atoms with Crippen molar-refractivity contribution in [3.05, 3.63) is 28.4 Å². The number of nitrogen functional groups attached to an aromatic ring is 1. The molecule has 0 saturated carbocycles. The molecule has 0 aliphatic heterocycles. The summed E-state index contributed by atoms with van der Waals surface area (Å²) in [5.41, 5.74) is 6.03. The molecule has 7 heteroatoms. The van der Waals surface area contributed by atoms with Gasteiger partial charge in [0.05, 0.1) is 12.8 Å². The number of ether oxygens (including phenoxy) is 1. The summed E-state index contributed by atoms with van der Waals surface area (Å²) in [5.74, 6) is -1.22. The number of halogens is 3. The molecule has 0 radical (unpaired) electrons. The lowest BCUT2D eigenvalue weighted by Gasteiger charge is -2.08. The summed E-state index contributed by atoms with van der Waals surface area (Å²) in [5, 5.41) is 0. The van der Waals surface area contributed by atoms with Crippen molar-refractivity contribution in [1.29, 1.82) is 0 Å². The monoisotopic (exact) mass is 317 g/mol. The molecule has 0 bridgehead atoms. The second-order valence-corrected chi connectivity index (χ2v) is 4.39. The lowest BCUT2D eigenvalue weighted by molar-refractivity contribution is 0.383. The zero-order valence-electron chi connectivity index (χ0n) is 9.67. The third kappa shape index (κ3) is 1.94. The highest BCUT2D eigenvalue weighted by atomic mass is 79.9. The van der Waals surface area contributed by atoms with Crippen molar-refractivity contribution in [2.24, 2.45) is 7.05 Å². The highest BCUT2D eigenvalue weighted by molar-refractivity contribution is 9.10. The van der Waals surface area contributed by atoms with E-state index in [1.54, 1.807) is 7.05 Å². The molecule has 2 N–H and O–H groups in total. The van der Waals surface area contributed by atoms with Crippen molar-refractivity contribution in [3.8, 4) is 17.0 Å². The molecule has 0 spiro atoms. The predicted octanol–water partition coefficient (Wildman–Crippen LogP) is 2.72. The minimum absolute atomic E-state index is 0.0619. The molecule has 0 saturated heterocycles. The van der Waals surface area contributed by atoms with E-state index in [0.29, 0.717) is 10.3 Å². The van der Waals surface area contributed by atoms with Gasteiger partial charge >= 0.3 is 0 Å². The summed E-state index contributed by atoms with van der Waals surface area (Å²) in [4.78, 5) is 3.94. The van der Waals surface area contributed by atoms with E-state index in [0.717, 1.165) is 12.1 Å². The number of methoxy groups -OCH3 is 1. The first kappa shape index (κ1) is 12.8. The zero-order valence-corrected chi connectivity index (χ0v) is 11.3. The Morgan fingerprint density at radius 3 is 2.50 bits per heavy atom. The standard InChI is InChI=1S/C11H10BrF2N3O/c1-17-9(10(12)16-11(17)15)5-3-7(14)8(18-2)4-6(5)13/h3-4H,1-2H3,(H2,15,16). The first-order chi connectivity index (χ1) is 8.45. The molecule has 2 rings (SSSR count). The third-order valence-corrected chi connectivity index (χ3v) is 3.14. The van der Waals surface area contributed by atoms with Crippen LogP contribution in [0.1, 0.15) is 0 Å². The number of nitrogens with zero attached hydrogens (tertiary/aromatic N) is 2. The van der Waals surface area contributed by atoms with Crippen LogP contribution in [0.3, 0.4) is 0 Å². The second kappa shape index (κ2) is 4.56. The van der Waals surface area contributed by atoms with E-state index in [-0.39, 0.29) is 17.3 Å². The molecule has 2 aromatic rings. The molecule has 1 aromatic heterocycles. The van der Waals surface area contributed by atoms with E-state index >= 15 is 0 Å². The first-order valence-corrected chi connectivity index (χ1v) is 5.76. The van der Waals surface area contributed by atoms with Crippen LogP contribution in [0.4, 0.5) is 14.7 Å². The number of hydrogen-bond acceptors (Lipinski definition) is 3. The fraction of sp³-hybridized carbons (Fsp3) is 0.182. The lowest BCUT2D eigenvalue weighted by Crippen LogP contribution is -2.00. The molecule has 1 aromatic carbocycles. The molecule has 1 heterocycles. The number of hydrogen-bond donors (Lipinski definition) is 1. The van der Waals surface area contributed by atoms with E-state index in [1.807, 2.05) is 0 Å². The van der Waals surface area contributed by atoms with E-state index < -0.39 is 11.6 Å². The third-order valence-electron chi connectivity index (χ3n) is 2.58. The molecule has 96 valence electrons. The van der Waals surface area contributed by atoms with Gasteiger partial charge in [0.25, 0.3) is 0 Å². The maximum Gasteiger partial charge on any atom is 0.201 e. The van der Waals surface area contributed by atoms with E-state index in [9.17, 15) is 8.78 Å². The fourth-order valence-electron chi connectivity index (χ4n) is 1.64. The molecule has 0 fully saturated rings. The number of aromatic nitrogens is 2. The van der Waals surface area contributed by atoms with Crippen LogP contribution in [0.2, 0.25) is 0 Å². The maximum absolute atomic E-state index is 13.9. The Bertz CT molecular complexity index is 613. The van der Waals surface area contributed by atoms with Gasteiger partial charge in [-0.2, -0.15) is 0 Å². The molecule has 18 heavy (non-hydrogen) atoms. The van der Waals surface area contributed by atoms with Gasteiger partial charge in [0.15, 0.2) is 11.6 Å². The Morgan fingerprint density at radius 1 is 1.33 bits per heavy atom. The Kier molecular flexibility index (Phi) is 3.25. The summed E-state index contributed by atoms with van der Waals surface area (Å²) in [6.45, 7) is 0. The fourth-order valence-corrected chi connectivity index (χ4v) is 2.30. The summed E-state index contributed by atoms with van der Waals surface area (Å²) < 4.78 is 34.1. The summed E-state index contributed by atoms with van der Waals surface area (Å²) in [6, 6.07) is 2.04. The van der Waals surface area contributed by atoms with Gasteiger partial charge in [0.1, 0.15) is 10.4 Å². The topological polar surface area (TPSA) is 53.1 Å². The van der Waals surface area contributed by atoms with Gasteiger partial charge < -0.3 is 15.0 Å². The highest BCUT2D eigenvalue weighted by Gasteiger charge is 2.19. The average Bonchev–Trinajstić information content (AvgIpc) is 2.56. The van der Waals surface area contributed by atoms with Crippen LogP contribution in [0.5, 0.6) is 5.75 Å². The Balaban J connectivity index is 2.68. The zero-order chi connectivity index (χ0) is 13.4. The van der Waals surface area contributed by atoms with Crippen molar-refractivity contribution in [2.75, 3.05) is 12.8 Å². The number of imidazole rings is 1. The summed E-state index contributed by atoms with van der Waals surface area (Å²) >= 11 is 3.17. The molecule has 0 aliphatic carbocycles. The van der Waals surface area contributed by atoms with Crippen LogP contribution in [-0.4, -0.2) is 16.7 Å². The lowest BCUT2D eigenvalue weighted by atomic mass is 10.1. The van der Waals surface area contributed by atoms with Gasteiger partial charge in [-0.15, -0.1) is 0 Å². The van der Waals surface area contributed by atoms with Gasteiger partial charge in [-0.25, -0.2) is 13.8 Å². The second-order valence-electron chi connectivity index (χ2n) is 3.64. The number of rotatable bonds is 2. The summed E-state index contributed by atoms with van der Waals surface area (Å²) in [7, 11) is 2.89. The Labute approximate surface area is 111 Å². The molecular weight excluding hydrogens is 308 g/mol. The number of anilines is 1. The van der Waals surface area contributed by atoms with Crippen molar-refractivity contribution in [2.45, 2.75) is 0 Å². The van der Waals surface area contributed by atoms with Gasteiger partial charge in [-0.3, -0.25) is 0 Å². The van der Waals surface area contributed by atoms with Crippen LogP contribution < -0.4 is 10.5 Å². The van der Waals surface area contributed by atoms with E-state index in [1.165, 1.54) is 11.7 Å². The molecule has 0 aliphatic rings. The van der Waals surface area contributed by atoms with Crippen LogP contribution in [0.15, 0.2) is 16.7 Å². The van der Waals surface area contributed by atoms with Crippen molar-refractivity contribution in [1.82, 2.24) is 9.55 Å². The van der Waals surface area contributed by atoms with Crippen LogP contribution in [0, 0.1) is 11.6 Å². The molecule has 4 nitrogen and oxygen atoms in total. The summed E-state index contributed by atoms with van der Waals surface area (Å²) in [6.07, 6.45) is 0. The predicted molar refractivity (Wildman–Crippen MR) is 67.2 cm³/mol. The van der Waals surface area contributed by atoms with Crippen molar-refractivity contribution >= 4 is 21.9 Å².